The van der Waals surface area contributed by atoms with Crippen LogP contribution in [0.2, 0.25) is 5.02 Å². The summed E-state index contributed by atoms with van der Waals surface area (Å²) in [6, 6.07) is 7.55. The molecule has 0 fully saturated rings. The van der Waals surface area contributed by atoms with Gasteiger partial charge in [0.05, 0.1) is 17.3 Å². The predicted octanol–water partition coefficient (Wildman–Crippen LogP) is 4.75. The average molecular weight is 381 g/mol. The molecule has 8 heteroatoms. The Hall–Kier alpha value is -1.96. The maximum Gasteiger partial charge on any atom is 0.350 e. The van der Waals surface area contributed by atoms with Gasteiger partial charge in [0.2, 0.25) is 0 Å². The van der Waals surface area contributed by atoms with E-state index in [0.29, 0.717) is 25.6 Å². The highest BCUT2D eigenvalue weighted by atomic mass is 35.5. The standard InChI is InChI=1S/C16H13ClN2O3S2/c1-3-22-15(21)12-8(2)18-16(24-12)19-14(20)13-11(17)9-6-4-5-7-10(9)23-13/h4-7H,3H2,1-2H3,(H,18,19,20). The number of carbonyl (C=O) groups excluding carboxylic acids is 2. The van der Waals surface area contributed by atoms with E-state index in [1.165, 1.54) is 11.3 Å². The second-order valence-electron chi connectivity index (χ2n) is 4.85. The molecule has 0 atom stereocenters. The lowest BCUT2D eigenvalue weighted by molar-refractivity contribution is 0.0531. The molecule has 0 saturated carbocycles. The van der Waals surface area contributed by atoms with E-state index in [0.717, 1.165) is 21.4 Å². The van der Waals surface area contributed by atoms with E-state index in [9.17, 15) is 9.59 Å². The Morgan fingerprint density at radius 2 is 2.00 bits per heavy atom. The third-order valence-electron chi connectivity index (χ3n) is 3.22. The van der Waals surface area contributed by atoms with E-state index in [2.05, 4.69) is 10.3 Å². The first-order valence-electron chi connectivity index (χ1n) is 7.14. The van der Waals surface area contributed by atoms with Crippen molar-refractivity contribution in [3.63, 3.8) is 0 Å². The number of benzene rings is 1. The molecule has 0 aliphatic heterocycles. The number of aryl methyl sites for hydroxylation is 1. The van der Waals surface area contributed by atoms with Crippen LogP contribution < -0.4 is 5.32 Å². The highest BCUT2D eigenvalue weighted by Gasteiger charge is 2.21. The van der Waals surface area contributed by atoms with Gasteiger partial charge in [0, 0.05) is 10.1 Å². The van der Waals surface area contributed by atoms with Crippen LogP contribution in [-0.4, -0.2) is 23.5 Å². The molecule has 0 spiro atoms. The Labute approximate surface area is 151 Å². The van der Waals surface area contributed by atoms with E-state index in [4.69, 9.17) is 16.3 Å². The van der Waals surface area contributed by atoms with Gasteiger partial charge in [-0.1, -0.05) is 41.1 Å². The summed E-state index contributed by atoms with van der Waals surface area (Å²) >= 11 is 8.71. The number of carbonyl (C=O) groups is 2. The van der Waals surface area contributed by atoms with Crippen LogP contribution in [0.1, 0.15) is 32.0 Å². The molecule has 0 saturated heterocycles. The summed E-state index contributed by atoms with van der Waals surface area (Å²) in [6.07, 6.45) is 0. The Morgan fingerprint density at radius 3 is 2.71 bits per heavy atom. The molecule has 2 heterocycles. The van der Waals surface area contributed by atoms with Crippen molar-refractivity contribution in [3.05, 3.63) is 44.7 Å². The number of amides is 1. The largest absolute Gasteiger partial charge is 0.462 e. The molecule has 124 valence electrons. The lowest BCUT2D eigenvalue weighted by Crippen LogP contribution is -2.10. The monoisotopic (exact) mass is 380 g/mol. The summed E-state index contributed by atoms with van der Waals surface area (Å²) in [5, 5.41) is 4.31. The summed E-state index contributed by atoms with van der Waals surface area (Å²) in [7, 11) is 0. The number of thiophene rings is 1. The van der Waals surface area contributed by atoms with Gasteiger partial charge in [0.15, 0.2) is 5.13 Å². The van der Waals surface area contributed by atoms with Crippen LogP contribution in [0.15, 0.2) is 24.3 Å². The van der Waals surface area contributed by atoms with Crippen molar-refractivity contribution in [2.75, 3.05) is 11.9 Å². The fraction of sp³-hybridized carbons (Fsp3) is 0.188. The third kappa shape index (κ3) is 3.15. The summed E-state index contributed by atoms with van der Waals surface area (Å²) in [5.41, 5.74) is 0.524. The number of fused-ring (bicyclic) bond motifs is 1. The Morgan fingerprint density at radius 1 is 1.25 bits per heavy atom. The fourth-order valence-electron chi connectivity index (χ4n) is 2.15. The van der Waals surface area contributed by atoms with Gasteiger partial charge < -0.3 is 4.74 Å². The highest BCUT2D eigenvalue weighted by molar-refractivity contribution is 7.22. The van der Waals surface area contributed by atoms with Crippen molar-refractivity contribution >= 4 is 61.4 Å². The van der Waals surface area contributed by atoms with Crippen LogP contribution in [0.3, 0.4) is 0 Å². The fourth-order valence-corrected chi connectivity index (χ4v) is 4.42. The van der Waals surface area contributed by atoms with Gasteiger partial charge in [-0.15, -0.1) is 11.3 Å². The van der Waals surface area contributed by atoms with Crippen molar-refractivity contribution in [1.82, 2.24) is 4.98 Å². The van der Waals surface area contributed by atoms with Crippen molar-refractivity contribution in [3.8, 4) is 0 Å². The Kier molecular flexibility index (Phi) is 4.84. The maximum atomic E-state index is 12.5. The molecule has 24 heavy (non-hydrogen) atoms. The van der Waals surface area contributed by atoms with Crippen LogP contribution >= 0.6 is 34.3 Å². The number of esters is 1. The maximum absolute atomic E-state index is 12.5. The molecule has 0 radical (unpaired) electrons. The van der Waals surface area contributed by atoms with Crippen molar-refractivity contribution in [1.29, 1.82) is 0 Å². The summed E-state index contributed by atoms with van der Waals surface area (Å²) in [4.78, 5) is 29.3. The summed E-state index contributed by atoms with van der Waals surface area (Å²) in [5.74, 6) is -0.779. The molecular formula is C16H13ClN2O3S2. The molecule has 1 amide bonds. The van der Waals surface area contributed by atoms with E-state index in [1.807, 2.05) is 24.3 Å². The van der Waals surface area contributed by atoms with E-state index in [1.54, 1.807) is 13.8 Å². The van der Waals surface area contributed by atoms with E-state index < -0.39 is 5.97 Å². The molecule has 0 aliphatic rings. The number of anilines is 1. The number of nitrogens with one attached hydrogen (secondary N) is 1. The van der Waals surface area contributed by atoms with Gasteiger partial charge in [0.1, 0.15) is 9.75 Å². The third-order valence-corrected chi connectivity index (χ3v) is 5.95. The van der Waals surface area contributed by atoms with Gasteiger partial charge in [-0.05, 0) is 19.9 Å². The number of halogens is 1. The minimum absolute atomic E-state index is 0.287. The molecule has 0 bridgehead atoms. The highest BCUT2D eigenvalue weighted by Crippen LogP contribution is 2.36. The van der Waals surface area contributed by atoms with Gasteiger partial charge >= 0.3 is 5.97 Å². The van der Waals surface area contributed by atoms with Crippen LogP contribution in [0, 0.1) is 6.92 Å². The topological polar surface area (TPSA) is 68.3 Å². The number of hydrogen-bond donors (Lipinski definition) is 1. The van der Waals surface area contributed by atoms with Crippen molar-refractivity contribution in [2.24, 2.45) is 0 Å². The molecular weight excluding hydrogens is 368 g/mol. The minimum atomic E-state index is -0.437. The van der Waals surface area contributed by atoms with Crippen molar-refractivity contribution < 1.29 is 14.3 Å². The van der Waals surface area contributed by atoms with Gasteiger partial charge in [0.25, 0.3) is 5.91 Å². The molecule has 2 aromatic heterocycles. The first-order chi connectivity index (χ1) is 11.5. The molecule has 0 aliphatic carbocycles. The average Bonchev–Trinajstić information content (AvgIpc) is 3.08. The normalized spacial score (nSPS) is 10.8. The molecule has 1 N–H and O–H groups in total. The van der Waals surface area contributed by atoms with Gasteiger partial charge in [-0.25, -0.2) is 9.78 Å². The van der Waals surface area contributed by atoms with E-state index in [-0.39, 0.29) is 12.5 Å². The van der Waals surface area contributed by atoms with E-state index >= 15 is 0 Å². The number of hydrogen-bond acceptors (Lipinski definition) is 6. The Bertz CT molecular complexity index is 933. The quantitative estimate of drug-likeness (QED) is 0.663. The number of nitrogens with zero attached hydrogens (tertiary/aromatic N) is 1. The van der Waals surface area contributed by atoms with Crippen LogP contribution in [0.25, 0.3) is 10.1 Å². The molecule has 3 aromatic rings. The van der Waals surface area contributed by atoms with Gasteiger partial charge in [-0.2, -0.15) is 0 Å². The second-order valence-corrected chi connectivity index (χ2v) is 7.28. The number of thiazole rings is 1. The first kappa shape index (κ1) is 16.9. The number of ether oxygens (including phenoxy) is 1. The van der Waals surface area contributed by atoms with Crippen molar-refractivity contribution in [2.45, 2.75) is 13.8 Å². The molecule has 0 unspecified atom stereocenters. The lowest BCUT2D eigenvalue weighted by atomic mass is 10.2. The smallest absolute Gasteiger partial charge is 0.350 e. The van der Waals surface area contributed by atoms with Gasteiger partial charge in [-0.3, -0.25) is 10.1 Å². The SMILES string of the molecule is CCOC(=O)c1sc(NC(=O)c2sc3ccccc3c2Cl)nc1C. The van der Waals surface area contributed by atoms with Crippen LogP contribution in [0.4, 0.5) is 5.13 Å². The zero-order valence-electron chi connectivity index (χ0n) is 12.9. The molecule has 5 nitrogen and oxygen atoms in total. The van der Waals surface area contributed by atoms with Crippen LogP contribution in [-0.2, 0) is 4.74 Å². The minimum Gasteiger partial charge on any atom is -0.462 e. The predicted molar refractivity (Wildman–Crippen MR) is 97.6 cm³/mol. The number of aromatic nitrogens is 1. The Balaban J connectivity index is 1.85. The lowest BCUT2D eigenvalue weighted by Gasteiger charge is -1.99. The molecule has 3 rings (SSSR count). The first-order valence-corrected chi connectivity index (χ1v) is 9.15. The summed E-state index contributed by atoms with van der Waals surface area (Å²) < 4.78 is 5.91. The zero-order chi connectivity index (χ0) is 17.3. The van der Waals surface area contributed by atoms with Crippen LogP contribution in [0.5, 0.6) is 0 Å². The number of rotatable bonds is 4. The second kappa shape index (κ2) is 6.88. The molecule has 1 aromatic carbocycles. The zero-order valence-corrected chi connectivity index (χ0v) is 15.3. The summed E-state index contributed by atoms with van der Waals surface area (Å²) in [6.45, 7) is 3.72.